The number of halogens is 1. The van der Waals surface area contributed by atoms with E-state index in [1.165, 1.54) is 18.2 Å². The zero-order chi connectivity index (χ0) is 19.6. The van der Waals surface area contributed by atoms with E-state index in [0.717, 1.165) is 5.56 Å². The van der Waals surface area contributed by atoms with Crippen LogP contribution in [0.15, 0.2) is 54.2 Å². The van der Waals surface area contributed by atoms with E-state index < -0.39 is 17.6 Å². The van der Waals surface area contributed by atoms with Crippen LogP contribution >= 0.6 is 0 Å². The molecule has 27 heavy (non-hydrogen) atoms. The molecule has 0 aliphatic heterocycles. The summed E-state index contributed by atoms with van der Waals surface area (Å²) in [5, 5.41) is 5.28. The van der Waals surface area contributed by atoms with Crippen LogP contribution in [0, 0.1) is 12.7 Å². The van der Waals surface area contributed by atoms with Crippen molar-refractivity contribution in [3.05, 3.63) is 76.7 Å². The Labute approximate surface area is 158 Å². The molecule has 6 heteroatoms. The van der Waals surface area contributed by atoms with E-state index in [-0.39, 0.29) is 11.3 Å². The zero-order valence-electron chi connectivity index (χ0n) is 15.4. The molecule has 0 aliphatic carbocycles. The molecule has 142 valence electrons. The van der Waals surface area contributed by atoms with Gasteiger partial charge in [-0.25, -0.2) is 4.39 Å². The van der Waals surface area contributed by atoms with Crippen LogP contribution in [0.3, 0.4) is 0 Å². The molecule has 2 N–H and O–H groups in total. The Balaban J connectivity index is 2.20. The summed E-state index contributed by atoms with van der Waals surface area (Å²) in [5.41, 5.74) is 1.61. The van der Waals surface area contributed by atoms with E-state index in [1.807, 2.05) is 6.92 Å². The molecule has 0 aliphatic rings. The van der Waals surface area contributed by atoms with Gasteiger partial charge < -0.3 is 15.4 Å². The summed E-state index contributed by atoms with van der Waals surface area (Å²) in [5.74, 6) is -1.41. The van der Waals surface area contributed by atoms with Crippen LogP contribution in [0.2, 0.25) is 0 Å². The number of carbonyl (C=O) groups excluding carboxylic acids is 2. The number of nitrogens with one attached hydrogen (secondary N) is 2. The number of benzene rings is 2. The first kappa shape index (κ1) is 20.3. The molecule has 0 fully saturated rings. The molecule has 5 nitrogen and oxygen atoms in total. The summed E-state index contributed by atoms with van der Waals surface area (Å²) in [7, 11) is 1.58. The highest BCUT2D eigenvalue weighted by molar-refractivity contribution is 6.05. The summed E-state index contributed by atoms with van der Waals surface area (Å²) < 4.78 is 18.9. The summed E-state index contributed by atoms with van der Waals surface area (Å²) in [6, 6.07) is 13.0. The Hall–Kier alpha value is -2.99. The van der Waals surface area contributed by atoms with Crippen LogP contribution in [0.1, 0.15) is 27.9 Å². The fourth-order valence-corrected chi connectivity index (χ4v) is 2.32. The van der Waals surface area contributed by atoms with E-state index in [0.29, 0.717) is 25.1 Å². The van der Waals surface area contributed by atoms with Crippen LogP contribution in [0.5, 0.6) is 0 Å². The average Bonchev–Trinajstić information content (AvgIpc) is 2.66. The van der Waals surface area contributed by atoms with Crippen molar-refractivity contribution in [2.24, 2.45) is 0 Å². The Bertz CT molecular complexity index is 816. The van der Waals surface area contributed by atoms with E-state index in [1.54, 1.807) is 43.5 Å². The second kappa shape index (κ2) is 10.2. The third-order valence-corrected chi connectivity index (χ3v) is 3.82. The lowest BCUT2D eigenvalue weighted by Crippen LogP contribution is -2.35. The molecule has 0 saturated carbocycles. The summed E-state index contributed by atoms with van der Waals surface area (Å²) in [6.07, 6.45) is 1.95. The summed E-state index contributed by atoms with van der Waals surface area (Å²) in [6.45, 7) is 2.79. The second-order valence-electron chi connectivity index (χ2n) is 6.00. The van der Waals surface area contributed by atoms with Crippen molar-refractivity contribution in [1.29, 1.82) is 0 Å². The first-order valence-corrected chi connectivity index (χ1v) is 8.62. The van der Waals surface area contributed by atoms with Crippen molar-refractivity contribution in [3.63, 3.8) is 0 Å². The standard InChI is InChI=1S/C21H23FN2O3/c1-15-8-10-16(11-9-15)20(25)24-19(21(26)23-12-5-13-27-2)14-17-6-3-4-7-18(17)22/h3-4,6-11,14H,5,12-13H2,1-2H3,(H,23,26)(H,24,25)/b19-14-. The Morgan fingerprint density at radius 1 is 1.11 bits per heavy atom. The zero-order valence-corrected chi connectivity index (χ0v) is 15.4. The molecule has 0 heterocycles. The van der Waals surface area contributed by atoms with Gasteiger partial charge in [0.15, 0.2) is 0 Å². The minimum atomic E-state index is -0.491. The first-order valence-electron chi connectivity index (χ1n) is 8.62. The Kier molecular flexibility index (Phi) is 7.70. The van der Waals surface area contributed by atoms with Crippen molar-refractivity contribution < 1.29 is 18.7 Å². The number of rotatable bonds is 8. The fourth-order valence-electron chi connectivity index (χ4n) is 2.32. The molecule has 0 spiro atoms. The van der Waals surface area contributed by atoms with Crippen LogP contribution in [-0.2, 0) is 9.53 Å². The molecule has 0 saturated heterocycles. The highest BCUT2D eigenvalue weighted by atomic mass is 19.1. The maximum atomic E-state index is 14.0. The maximum absolute atomic E-state index is 14.0. The fraction of sp³-hybridized carbons (Fsp3) is 0.238. The van der Waals surface area contributed by atoms with Crippen molar-refractivity contribution in [3.8, 4) is 0 Å². The number of hydrogen-bond donors (Lipinski definition) is 2. The van der Waals surface area contributed by atoms with Gasteiger partial charge in [-0.3, -0.25) is 9.59 Å². The second-order valence-corrected chi connectivity index (χ2v) is 6.00. The van der Waals surface area contributed by atoms with Gasteiger partial charge >= 0.3 is 0 Å². The Morgan fingerprint density at radius 2 is 1.81 bits per heavy atom. The molecule has 0 unspecified atom stereocenters. The van der Waals surface area contributed by atoms with Gasteiger partial charge in [0.1, 0.15) is 11.5 Å². The SMILES string of the molecule is COCCCNC(=O)/C(=C/c1ccccc1F)NC(=O)c1ccc(C)cc1. The monoisotopic (exact) mass is 370 g/mol. The van der Waals surface area contributed by atoms with Gasteiger partial charge in [-0.1, -0.05) is 35.9 Å². The highest BCUT2D eigenvalue weighted by Crippen LogP contribution is 2.12. The maximum Gasteiger partial charge on any atom is 0.267 e. The molecular formula is C21H23FN2O3. The Morgan fingerprint density at radius 3 is 2.48 bits per heavy atom. The normalized spacial score (nSPS) is 11.1. The lowest BCUT2D eigenvalue weighted by atomic mass is 10.1. The first-order chi connectivity index (χ1) is 13.0. The predicted octanol–water partition coefficient (Wildman–Crippen LogP) is 3.06. The molecule has 2 amide bonds. The van der Waals surface area contributed by atoms with Gasteiger partial charge in [0, 0.05) is 31.4 Å². The predicted molar refractivity (Wildman–Crippen MR) is 103 cm³/mol. The van der Waals surface area contributed by atoms with Crippen molar-refractivity contribution in [1.82, 2.24) is 10.6 Å². The molecule has 2 aromatic carbocycles. The lowest BCUT2D eigenvalue weighted by Gasteiger charge is -2.11. The van der Waals surface area contributed by atoms with E-state index >= 15 is 0 Å². The van der Waals surface area contributed by atoms with Crippen molar-refractivity contribution in [2.75, 3.05) is 20.3 Å². The van der Waals surface area contributed by atoms with Crippen LogP contribution in [-0.4, -0.2) is 32.1 Å². The molecule has 0 aromatic heterocycles. The van der Waals surface area contributed by atoms with Gasteiger partial charge in [0.05, 0.1) is 0 Å². The van der Waals surface area contributed by atoms with Crippen molar-refractivity contribution >= 4 is 17.9 Å². The summed E-state index contributed by atoms with van der Waals surface area (Å²) in [4.78, 5) is 25.0. The van der Waals surface area contributed by atoms with Gasteiger partial charge in [0.25, 0.3) is 11.8 Å². The van der Waals surface area contributed by atoms with E-state index in [4.69, 9.17) is 4.74 Å². The smallest absolute Gasteiger partial charge is 0.267 e. The van der Waals surface area contributed by atoms with E-state index in [9.17, 15) is 14.0 Å². The number of aryl methyl sites for hydroxylation is 1. The number of ether oxygens (including phenoxy) is 1. The molecule has 2 rings (SSSR count). The van der Waals surface area contributed by atoms with Crippen LogP contribution in [0.25, 0.3) is 6.08 Å². The van der Waals surface area contributed by atoms with Gasteiger partial charge in [0.2, 0.25) is 0 Å². The molecule has 2 aromatic rings. The summed E-state index contributed by atoms with van der Waals surface area (Å²) >= 11 is 0. The quantitative estimate of drug-likeness (QED) is 0.554. The minimum Gasteiger partial charge on any atom is -0.385 e. The van der Waals surface area contributed by atoms with E-state index in [2.05, 4.69) is 10.6 Å². The molecule has 0 bridgehead atoms. The number of amides is 2. The highest BCUT2D eigenvalue weighted by Gasteiger charge is 2.15. The topological polar surface area (TPSA) is 67.4 Å². The number of methoxy groups -OCH3 is 1. The van der Waals surface area contributed by atoms with Gasteiger partial charge in [-0.2, -0.15) is 0 Å². The van der Waals surface area contributed by atoms with Gasteiger partial charge in [-0.15, -0.1) is 0 Å². The molecular weight excluding hydrogens is 347 g/mol. The molecule has 0 radical (unpaired) electrons. The number of hydrogen-bond acceptors (Lipinski definition) is 3. The third-order valence-electron chi connectivity index (χ3n) is 3.82. The van der Waals surface area contributed by atoms with Gasteiger partial charge in [-0.05, 0) is 37.6 Å². The third kappa shape index (κ3) is 6.34. The lowest BCUT2D eigenvalue weighted by molar-refractivity contribution is -0.117. The van der Waals surface area contributed by atoms with Crippen LogP contribution < -0.4 is 10.6 Å². The van der Waals surface area contributed by atoms with Crippen molar-refractivity contribution in [2.45, 2.75) is 13.3 Å². The molecule has 0 atom stereocenters. The average molecular weight is 370 g/mol. The largest absolute Gasteiger partial charge is 0.385 e. The van der Waals surface area contributed by atoms with Crippen LogP contribution in [0.4, 0.5) is 4.39 Å². The minimum absolute atomic E-state index is 0.0249. The number of carbonyl (C=O) groups is 2.